The molecule has 1 aromatic heterocycles. The summed E-state index contributed by atoms with van der Waals surface area (Å²) in [6.07, 6.45) is -0.974. The van der Waals surface area contributed by atoms with Gasteiger partial charge < -0.3 is 4.98 Å². The van der Waals surface area contributed by atoms with Gasteiger partial charge in [0, 0.05) is 17.7 Å². The topological polar surface area (TPSA) is 65.7 Å². The van der Waals surface area contributed by atoms with Crippen molar-refractivity contribution in [1.82, 2.24) is 9.97 Å². The number of aromatic nitrogens is 2. The smallest absolute Gasteiger partial charge is 0.311 e. The van der Waals surface area contributed by atoms with Crippen LogP contribution in [0.15, 0.2) is 64.2 Å². The van der Waals surface area contributed by atoms with E-state index in [1.54, 1.807) is 6.07 Å². The first-order valence-corrected chi connectivity index (χ1v) is 10.4. The molecule has 1 fully saturated rings. The van der Waals surface area contributed by atoms with Crippen molar-refractivity contribution < 1.29 is 13.2 Å². The second kappa shape index (κ2) is 8.57. The zero-order valence-electron chi connectivity index (χ0n) is 16.8. The van der Waals surface area contributed by atoms with Crippen molar-refractivity contribution >= 4 is 0 Å². The van der Waals surface area contributed by atoms with E-state index in [1.807, 2.05) is 18.2 Å². The Bertz CT molecular complexity index is 1160. The maximum atomic E-state index is 13.1. The molecular formula is C24H23F3N2O2. The van der Waals surface area contributed by atoms with Crippen LogP contribution in [0.1, 0.15) is 65.5 Å². The number of hydrogen-bond donors (Lipinski definition) is 2. The minimum atomic E-state index is -4.45. The van der Waals surface area contributed by atoms with Crippen LogP contribution in [0.3, 0.4) is 0 Å². The van der Waals surface area contributed by atoms with E-state index < -0.39 is 23.0 Å². The highest BCUT2D eigenvalue weighted by Gasteiger charge is 2.31. The van der Waals surface area contributed by atoms with E-state index in [-0.39, 0.29) is 12.3 Å². The molecule has 0 aliphatic heterocycles. The predicted molar refractivity (Wildman–Crippen MR) is 112 cm³/mol. The van der Waals surface area contributed by atoms with Crippen LogP contribution in [-0.2, 0) is 12.6 Å². The minimum Gasteiger partial charge on any atom is -0.311 e. The third-order valence-electron chi connectivity index (χ3n) is 6.12. The van der Waals surface area contributed by atoms with Gasteiger partial charge in [-0.2, -0.15) is 13.2 Å². The molecule has 1 heterocycles. The summed E-state index contributed by atoms with van der Waals surface area (Å²) in [4.78, 5) is 29.5. The summed E-state index contributed by atoms with van der Waals surface area (Å²) >= 11 is 0. The average molecular weight is 428 g/mol. The zero-order valence-corrected chi connectivity index (χ0v) is 16.8. The van der Waals surface area contributed by atoms with E-state index in [4.69, 9.17) is 0 Å². The third-order valence-corrected chi connectivity index (χ3v) is 6.12. The van der Waals surface area contributed by atoms with Crippen molar-refractivity contribution in [1.29, 1.82) is 0 Å². The number of nitrogens with one attached hydrogen (secondary N) is 2. The van der Waals surface area contributed by atoms with Gasteiger partial charge in [0.15, 0.2) is 0 Å². The zero-order chi connectivity index (χ0) is 22.0. The Balaban J connectivity index is 1.60. The lowest BCUT2D eigenvalue weighted by molar-refractivity contribution is -0.137. The second-order valence-electron chi connectivity index (χ2n) is 8.13. The van der Waals surface area contributed by atoms with Crippen molar-refractivity contribution in [3.63, 3.8) is 0 Å². The van der Waals surface area contributed by atoms with Crippen molar-refractivity contribution in [3.8, 4) is 0 Å². The SMILES string of the molecule is O=c1[nH]c(=O)c(Cc2cccc(C(F)(F)F)c2)c([C@H]2CC[C@H](c3ccccc3)CC2)[nH]1. The summed E-state index contributed by atoms with van der Waals surface area (Å²) < 4.78 is 39.2. The number of aromatic amines is 2. The second-order valence-corrected chi connectivity index (χ2v) is 8.13. The first-order valence-electron chi connectivity index (χ1n) is 10.4. The van der Waals surface area contributed by atoms with Crippen LogP contribution in [0.5, 0.6) is 0 Å². The fraction of sp³-hybridized carbons (Fsp3) is 0.333. The maximum Gasteiger partial charge on any atom is 0.416 e. The third kappa shape index (κ3) is 4.81. The van der Waals surface area contributed by atoms with Crippen LogP contribution >= 0.6 is 0 Å². The molecule has 0 radical (unpaired) electrons. The molecule has 4 rings (SSSR count). The van der Waals surface area contributed by atoms with Crippen molar-refractivity contribution in [2.45, 2.75) is 50.1 Å². The molecule has 1 aliphatic rings. The Morgan fingerprint density at radius 1 is 0.839 bits per heavy atom. The largest absolute Gasteiger partial charge is 0.416 e. The van der Waals surface area contributed by atoms with Gasteiger partial charge in [-0.05, 0) is 54.7 Å². The molecule has 1 aliphatic carbocycles. The highest BCUT2D eigenvalue weighted by atomic mass is 19.4. The lowest BCUT2D eigenvalue weighted by Crippen LogP contribution is -2.30. The predicted octanol–water partition coefficient (Wildman–Crippen LogP) is 5.11. The van der Waals surface area contributed by atoms with Crippen LogP contribution in [0.2, 0.25) is 0 Å². The monoisotopic (exact) mass is 428 g/mol. The molecule has 162 valence electrons. The summed E-state index contributed by atoms with van der Waals surface area (Å²) in [7, 11) is 0. The van der Waals surface area contributed by atoms with E-state index in [0.29, 0.717) is 22.7 Å². The number of halogens is 3. The van der Waals surface area contributed by atoms with E-state index in [1.165, 1.54) is 11.6 Å². The van der Waals surface area contributed by atoms with Gasteiger partial charge >= 0.3 is 11.9 Å². The van der Waals surface area contributed by atoms with Gasteiger partial charge in [0.05, 0.1) is 5.56 Å². The summed E-state index contributed by atoms with van der Waals surface area (Å²) in [5.74, 6) is 0.425. The molecule has 4 nitrogen and oxygen atoms in total. The molecule has 3 aromatic rings. The Morgan fingerprint density at radius 2 is 1.52 bits per heavy atom. The molecule has 1 saturated carbocycles. The number of hydrogen-bond acceptors (Lipinski definition) is 2. The Kier molecular flexibility index (Phi) is 5.85. The number of H-pyrrole nitrogens is 2. The van der Waals surface area contributed by atoms with Gasteiger partial charge in [-0.1, -0.05) is 48.5 Å². The molecule has 0 bridgehead atoms. The lowest BCUT2D eigenvalue weighted by Gasteiger charge is -2.29. The molecule has 0 saturated heterocycles. The van der Waals surface area contributed by atoms with Gasteiger partial charge in [-0.15, -0.1) is 0 Å². The number of alkyl halides is 3. The fourth-order valence-corrected chi connectivity index (χ4v) is 4.56. The van der Waals surface area contributed by atoms with Crippen molar-refractivity contribution in [2.75, 3.05) is 0 Å². The molecule has 2 N–H and O–H groups in total. The van der Waals surface area contributed by atoms with Gasteiger partial charge in [0.2, 0.25) is 0 Å². The molecule has 2 aromatic carbocycles. The maximum absolute atomic E-state index is 13.1. The molecular weight excluding hydrogens is 405 g/mol. The Labute approximate surface area is 177 Å². The summed E-state index contributed by atoms with van der Waals surface area (Å²) in [6, 6.07) is 15.2. The molecule has 31 heavy (non-hydrogen) atoms. The first kappa shape index (κ1) is 21.2. The van der Waals surface area contributed by atoms with Crippen LogP contribution in [0.4, 0.5) is 13.2 Å². The summed E-state index contributed by atoms with van der Waals surface area (Å²) in [6.45, 7) is 0. The van der Waals surface area contributed by atoms with Gasteiger partial charge in [0.25, 0.3) is 5.56 Å². The van der Waals surface area contributed by atoms with Crippen LogP contribution in [-0.4, -0.2) is 9.97 Å². The quantitative estimate of drug-likeness (QED) is 0.606. The van der Waals surface area contributed by atoms with Gasteiger partial charge in [0.1, 0.15) is 0 Å². The Morgan fingerprint density at radius 3 is 2.19 bits per heavy atom. The van der Waals surface area contributed by atoms with Gasteiger partial charge in [-0.25, -0.2) is 4.79 Å². The molecule has 0 spiro atoms. The van der Waals surface area contributed by atoms with E-state index in [2.05, 4.69) is 22.1 Å². The number of rotatable bonds is 4. The van der Waals surface area contributed by atoms with Crippen LogP contribution < -0.4 is 11.2 Å². The molecule has 0 unspecified atom stereocenters. The van der Waals surface area contributed by atoms with E-state index in [0.717, 1.165) is 37.8 Å². The van der Waals surface area contributed by atoms with Crippen LogP contribution in [0.25, 0.3) is 0 Å². The standard InChI is InChI=1S/C24H23F3N2O2/c25-24(26,27)19-8-4-5-15(13-19)14-20-21(28-23(31)29-22(20)30)18-11-9-17(10-12-18)16-6-2-1-3-7-16/h1-8,13,17-18H,9-12,14H2,(H2,28,29,30,31)/t17-,18-. The Hall–Kier alpha value is -3.09. The molecule has 0 amide bonds. The average Bonchev–Trinajstić information content (AvgIpc) is 2.76. The highest BCUT2D eigenvalue weighted by Crippen LogP contribution is 2.40. The highest BCUT2D eigenvalue weighted by molar-refractivity contribution is 5.33. The summed E-state index contributed by atoms with van der Waals surface area (Å²) in [5, 5.41) is 0. The normalized spacial score (nSPS) is 19.3. The van der Waals surface area contributed by atoms with Crippen LogP contribution in [0, 0.1) is 0 Å². The van der Waals surface area contributed by atoms with Gasteiger partial charge in [-0.3, -0.25) is 9.78 Å². The lowest BCUT2D eigenvalue weighted by atomic mass is 9.76. The fourth-order valence-electron chi connectivity index (χ4n) is 4.56. The van der Waals surface area contributed by atoms with E-state index >= 15 is 0 Å². The minimum absolute atomic E-state index is 0.00392. The number of benzene rings is 2. The molecule has 7 heteroatoms. The van der Waals surface area contributed by atoms with Crippen molar-refractivity contribution in [2.24, 2.45) is 0 Å². The summed E-state index contributed by atoms with van der Waals surface area (Å²) in [5.41, 5.74) is 0.672. The molecule has 0 atom stereocenters. The van der Waals surface area contributed by atoms with Crippen molar-refractivity contribution in [3.05, 3.63) is 103 Å². The first-order chi connectivity index (χ1) is 14.8. The van der Waals surface area contributed by atoms with E-state index in [9.17, 15) is 22.8 Å².